The van der Waals surface area contributed by atoms with Gasteiger partial charge < -0.3 is 0 Å². The fraction of sp³-hybridized carbons (Fsp3) is 0.235. The zero-order chi connectivity index (χ0) is 17.9. The molecule has 0 saturated carbocycles. The first-order valence-corrected chi connectivity index (χ1v) is 7.34. The van der Waals surface area contributed by atoms with Crippen LogP contribution in [0.4, 0.5) is 5.69 Å². The first kappa shape index (κ1) is 17.3. The fourth-order valence-corrected chi connectivity index (χ4v) is 2.56. The molecule has 1 aromatic carbocycles. The van der Waals surface area contributed by atoms with Gasteiger partial charge in [-0.1, -0.05) is 0 Å². The normalized spacial score (nSPS) is 11.2. The Hall–Kier alpha value is -3.09. The predicted molar refractivity (Wildman–Crippen MR) is 91.2 cm³/mol. The number of nitro benzene ring substituents is 1. The molecular weight excluding hydrogens is 308 g/mol. The summed E-state index contributed by atoms with van der Waals surface area (Å²) in [5.41, 5.74) is 7.04. The zero-order valence-corrected chi connectivity index (χ0v) is 14.0. The molecule has 0 aliphatic heterocycles. The molecule has 7 heteroatoms. The Balaban J connectivity index is 2.18. The number of non-ortho nitro benzene ring substituents is 1. The molecule has 1 N–H and O–H groups in total. The molecule has 1 heterocycles. The third-order valence-corrected chi connectivity index (χ3v) is 3.55. The topological polar surface area (TPSA) is 97.5 Å². The van der Waals surface area contributed by atoms with E-state index in [0.717, 1.165) is 22.5 Å². The molecule has 0 aliphatic carbocycles. The molecule has 0 fully saturated rings. The minimum atomic E-state index is -0.514. The number of hydrogen-bond donors (Lipinski definition) is 1. The van der Waals surface area contributed by atoms with Crippen LogP contribution in [0.25, 0.3) is 0 Å². The summed E-state index contributed by atoms with van der Waals surface area (Å²) < 4.78 is 0. The van der Waals surface area contributed by atoms with E-state index in [-0.39, 0.29) is 5.69 Å². The van der Waals surface area contributed by atoms with Crippen molar-refractivity contribution in [3.05, 3.63) is 68.5 Å². The van der Waals surface area contributed by atoms with Crippen LogP contribution in [0.1, 0.15) is 39.8 Å². The highest BCUT2D eigenvalue weighted by Crippen LogP contribution is 2.15. The SMILES string of the molecule is C/C(=N\NC(=O)c1ccc([N+](=O)[O-])cc1)c1c(C)cc(C)nc1C. The van der Waals surface area contributed by atoms with E-state index < -0.39 is 10.8 Å². The molecule has 0 spiro atoms. The zero-order valence-electron chi connectivity index (χ0n) is 14.0. The van der Waals surface area contributed by atoms with Gasteiger partial charge in [0.2, 0.25) is 0 Å². The molecular formula is C17H18N4O3. The molecule has 24 heavy (non-hydrogen) atoms. The maximum atomic E-state index is 12.1. The molecule has 124 valence electrons. The van der Waals surface area contributed by atoms with Crippen LogP contribution in [0.5, 0.6) is 0 Å². The van der Waals surface area contributed by atoms with Gasteiger partial charge >= 0.3 is 0 Å². The number of rotatable bonds is 4. The predicted octanol–water partition coefficient (Wildman–Crippen LogP) is 3.07. The lowest BCUT2D eigenvalue weighted by molar-refractivity contribution is -0.384. The highest BCUT2D eigenvalue weighted by Gasteiger charge is 2.11. The van der Waals surface area contributed by atoms with Crippen molar-refractivity contribution >= 4 is 17.3 Å². The summed E-state index contributed by atoms with van der Waals surface area (Å²) in [7, 11) is 0. The third kappa shape index (κ3) is 3.81. The Bertz CT molecular complexity index is 803. The molecule has 0 saturated heterocycles. The molecule has 7 nitrogen and oxygen atoms in total. The van der Waals surface area contributed by atoms with Crippen LogP contribution in [0.2, 0.25) is 0 Å². The number of nitrogens with zero attached hydrogens (tertiary/aromatic N) is 3. The van der Waals surface area contributed by atoms with Gasteiger partial charge in [-0.25, -0.2) is 5.43 Å². The Morgan fingerprint density at radius 1 is 1.21 bits per heavy atom. The molecule has 0 unspecified atom stereocenters. The number of aromatic nitrogens is 1. The average molecular weight is 326 g/mol. The van der Waals surface area contributed by atoms with Crippen molar-refractivity contribution in [1.82, 2.24) is 10.4 Å². The highest BCUT2D eigenvalue weighted by atomic mass is 16.6. The van der Waals surface area contributed by atoms with E-state index in [9.17, 15) is 14.9 Å². The van der Waals surface area contributed by atoms with Crippen LogP contribution in [0.3, 0.4) is 0 Å². The van der Waals surface area contributed by atoms with Crippen molar-refractivity contribution in [2.24, 2.45) is 5.10 Å². The first-order chi connectivity index (χ1) is 11.3. The number of benzene rings is 1. The fourth-order valence-electron chi connectivity index (χ4n) is 2.56. The van der Waals surface area contributed by atoms with E-state index in [2.05, 4.69) is 15.5 Å². The van der Waals surface area contributed by atoms with Crippen molar-refractivity contribution in [2.75, 3.05) is 0 Å². The van der Waals surface area contributed by atoms with Gasteiger partial charge in [-0.05, 0) is 51.5 Å². The van der Waals surface area contributed by atoms with Crippen molar-refractivity contribution in [2.45, 2.75) is 27.7 Å². The van der Waals surface area contributed by atoms with Gasteiger partial charge in [-0.2, -0.15) is 5.10 Å². The van der Waals surface area contributed by atoms with Crippen LogP contribution >= 0.6 is 0 Å². The molecule has 0 bridgehead atoms. The number of nitro groups is 1. The lowest BCUT2D eigenvalue weighted by Crippen LogP contribution is -2.20. The van der Waals surface area contributed by atoms with E-state index in [4.69, 9.17) is 0 Å². The number of carbonyl (C=O) groups is 1. The lowest BCUT2D eigenvalue weighted by atomic mass is 10.0. The summed E-state index contributed by atoms with van der Waals surface area (Å²) in [5, 5.41) is 14.7. The molecule has 0 aliphatic rings. The van der Waals surface area contributed by atoms with Crippen molar-refractivity contribution in [3.8, 4) is 0 Å². The highest BCUT2D eigenvalue weighted by molar-refractivity contribution is 6.02. The summed E-state index contributed by atoms with van der Waals surface area (Å²) in [5.74, 6) is -0.431. The number of amides is 1. The van der Waals surface area contributed by atoms with Gasteiger partial charge in [-0.3, -0.25) is 19.9 Å². The van der Waals surface area contributed by atoms with Crippen molar-refractivity contribution < 1.29 is 9.72 Å². The quantitative estimate of drug-likeness (QED) is 0.530. The minimum Gasteiger partial charge on any atom is -0.267 e. The van der Waals surface area contributed by atoms with Gasteiger partial charge in [0, 0.05) is 34.6 Å². The van der Waals surface area contributed by atoms with E-state index in [1.807, 2.05) is 26.8 Å². The second-order valence-corrected chi connectivity index (χ2v) is 5.48. The standard InChI is InChI=1S/C17H18N4O3/c1-10-9-11(2)18-12(3)16(10)13(4)19-20-17(22)14-5-7-15(8-6-14)21(23)24/h5-9H,1-4H3,(H,20,22)/b19-13+. The summed E-state index contributed by atoms with van der Waals surface area (Å²) >= 11 is 0. The maximum absolute atomic E-state index is 12.1. The van der Waals surface area contributed by atoms with Gasteiger partial charge in [0.25, 0.3) is 11.6 Å². The molecule has 1 aromatic heterocycles. The number of hydrogen-bond acceptors (Lipinski definition) is 5. The van der Waals surface area contributed by atoms with Crippen LogP contribution in [-0.2, 0) is 0 Å². The number of pyridine rings is 1. The minimum absolute atomic E-state index is 0.0665. The van der Waals surface area contributed by atoms with Crippen molar-refractivity contribution in [3.63, 3.8) is 0 Å². The smallest absolute Gasteiger partial charge is 0.267 e. The van der Waals surface area contributed by atoms with E-state index in [0.29, 0.717) is 11.3 Å². The van der Waals surface area contributed by atoms with Crippen LogP contribution < -0.4 is 5.43 Å². The van der Waals surface area contributed by atoms with Crippen LogP contribution in [0, 0.1) is 30.9 Å². The van der Waals surface area contributed by atoms with E-state index in [1.165, 1.54) is 24.3 Å². The Morgan fingerprint density at radius 3 is 2.38 bits per heavy atom. The molecule has 1 amide bonds. The third-order valence-electron chi connectivity index (χ3n) is 3.55. The van der Waals surface area contributed by atoms with Crippen molar-refractivity contribution in [1.29, 1.82) is 0 Å². The number of carbonyl (C=O) groups excluding carboxylic acids is 1. The summed E-state index contributed by atoms with van der Waals surface area (Å²) in [6.07, 6.45) is 0. The lowest BCUT2D eigenvalue weighted by Gasteiger charge is -2.10. The first-order valence-electron chi connectivity index (χ1n) is 7.34. The maximum Gasteiger partial charge on any atom is 0.271 e. The number of hydrazone groups is 1. The second kappa shape index (κ2) is 6.99. The average Bonchev–Trinajstić information content (AvgIpc) is 2.51. The largest absolute Gasteiger partial charge is 0.271 e. The second-order valence-electron chi connectivity index (χ2n) is 5.48. The Labute approximate surface area is 139 Å². The monoisotopic (exact) mass is 326 g/mol. The summed E-state index contributed by atoms with van der Waals surface area (Å²) in [6.45, 7) is 7.58. The molecule has 2 rings (SSSR count). The molecule has 0 atom stereocenters. The van der Waals surface area contributed by atoms with Gasteiger partial charge in [0.15, 0.2) is 0 Å². The van der Waals surface area contributed by atoms with E-state index >= 15 is 0 Å². The van der Waals surface area contributed by atoms with Gasteiger partial charge in [0.1, 0.15) is 0 Å². The van der Waals surface area contributed by atoms with Crippen LogP contribution in [-0.4, -0.2) is 21.5 Å². The number of aryl methyl sites for hydroxylation is 3. The summed E-state index contributed by atoms with van der Waals surface area (Å²) in [4.78, 5) is 26.6. The van der Waals surface area contributed by atoms with Gasteiger partial charge in [-0.15, -0.1) is 0 Å². The molecule has 0 radical (unpaired) electrons. The van der Waals surface area contributed by atoms with Crippen LogP contribution in [0.15, 0.2) is 35.4 Å². The van der Waals surface area contributed by atoms with E-state index in [1.54, 1.807) is 6.92 Å². The van der Waals surface area contributed by atoms with Gasteiger partial charge in [0.05, 0.1) is 10.6 Å². The Morgan fingerprint density at radius 2 is 1.83 bits per heavy atom. The molecule has 2 aromatic rings. The number of nitrogens with one attached hydrogen (secondary N) is 1. The Kier molecular flexibility index (Phi) is 5.03. The summed E-state index contributed by atoms with van der Waals surface area (Å²) in [6, 6.07) is 7.30.